The number of aromatic nitrogens is 2. The first-order valence-electron chi connectivity index (χ1n) is 6.82. The molecule has 5 nitrogen and oxygen atoms in total. The lowest BCUT2D eigenvalue weighted by Gasteiger charge is -2.41. The summed E-state index contributed by atoms with van der Waals surface area (Å²) in [5.41, 5.74) is 6.16. The molecule has 0 saturated carbocycles. The fourth-order valence-corrected chi connectivity index (χ4v) is 3.09. The van der Waals surface area contributed by atoms with Crippen molar-refractivity contribution in [1.82, 2.24) is 14.5 Å². The lowest BCUT2D eigenvalue weighted by atomic mass is 9.82. The first-order valence-corrected chi connectivity index (χ1v) is 6.82. The molecule has 18 heavy (non-hydrogen) atoms. The second-order valence-electron chi connectivity index (χ2n) is 5.61. The summed E-state index contributed by atoms with van der Waals surface area (Å²) in [4.78, 5) is 6.88. The van der Waals surface area contributed by atoms with Crippen molar-refractivity contribution in [2.75, 3.05) is 32.8 Å². The first kappa shape index (κ1) is 12.1. The van der Waals surface area contributed by atoms with Gasteiger partial charge in [0.1, 0.15) is 5.82 Å². The minimum atomic E-state index is 0.160. The molecule has 0 aromatic carbocycles. The fourth-order valence-electron chi connectivity index (χ4n) is 3.09. The van der Waals surface area contributed by atoms with E-state index in [9.17, 15) is 0 Å². The minimum Gasteiger partial charge on any atom is -0.381 e. The summed E-state index contributed by atoms with van der Waals surface area (Å²) < 4.78 is 7.88. The Kier molecular flexibility index (Phi) is 3.37. The van der Waals surface area contributed by atoms with Crippen LogP contribution in [0.4, 0.5) is 0 Å². The van der Waals surface area contributed by atoms with E-state index in [2.05, 4.69) is 20.6 Å². The van der Waals surface area contributed by atoms with Crippen molar-refractivity contribution < 1.29 is 4.74 Å². The zero-order valence-corrected chi connectivity index (χ0v) is 10.8. The van der Waals surface area contributed by atoms with Crippen LogP contribution in [0.5, 0.6) is 0 Å². The molecular formula is C13H22N4O. The molecule has 1 unspecified atom stereocenters. The Morgan fingerprint density at radius 3 is 3.17 bits per heavy atom. The van der Waals surface area contributed by atoms with Gasteiger partial charge in [-0.1, -0.05) is 0 Å². The maximum absolute atomic E-state index is 6.00. The van der Waals surface area contributed by atoms with Crippen LogP contribution in [0.15, 0.2) is 12.4 Å². The minimum absolute atomic E-state index is 0.160. The third kappa shape index (κ3) is 2.30. The van der Waals surface area contributed by atoms with Gasteiger partial charge in [0, 0.05) is 50.6 Å². The van der Waals surface area contributed by atoms with Crippen LogP contribution in [0.2, 0.25) is 0 Å². The zero-order chi connectivity index (χ0) is 12.4. The molecule has 2 N–H and O–H groups in total. The second-order valence-corrected chi connectivity index (χ2v) is 5.61. The van der Waals surface area contributed by atoms with Gasteiger partial charge in [0.2, 0.25) is 0 Å². The number of hydrogen-bond acceptors (Lipinski definition) is 4. The zero-order valence-electron chi connectivity index (χ0n) is 10.8. The molecule has 0 radical (unpaired) electrons. The highest BCUT2D eigenvalue weighted by atomic mass is 16.5. The fraction of sp³-hybridized carbons (Fsp3) is 0.769. The smallest absolute Gasteiger partial charge is 0.122 e. The van der Waals surface area contributed by atoms with Crippen molar-refractivity contribution in [1.29, 1.82) is 0 Å². The van der Waals surface area contributed by atoms with Gasteiger partial charge in [0.25, 0.3) is 0 Å². The average Bonchev–Trinajstić information content (AvgIpc) is 2.87. The average molecular weight is 250 g/mol. The Balaban J connectivity index is 1.66. The van der Waals surface area contributed by atoms with Gasteiger partial charge in [-0.25, -0.2) is 4.98 Å². The molecule has 1 atom stereocenters. The Morgan fingerprint density at radius 2 is 2.39 bits per heavy atom. The molecule has 2 aliphatic heterocycles. The summed E-state index contributed by atoms with van der Waals surface area (Å²) in [7, 11) is 0. The third-order valence-corrected chi connectivity index (χ3v) is 4.22. The van der Waals surface area contributed by atoms with Crippen LogP contribution in [0.1, 0.15) is 18.7 Å². The van der Waals surface area contributed by atoms with E-state index in [4.69, 9.17) is 10.5 Å². The van der Waals surface area contributed by atoms with E-state index >= 15 is 0 Å². The van der Waals surface area contributed by atoms with Gasteiger partial charge in [-0.05, 0) is 12.8 Å². The van der Waals surface area contributed by atoms with E-state index in [-0.39, 0.29) is 5.41 Å². The number of rotatable bonds is 3. The molecule has 5 heteroatoms. The topological polar surface area (TPSA) is 56.3 Å². The Labute approximate surface area is 108 Å². The summed E-state index contributed by atoms with van der Waals surface area (Å²) in [5, 5.41) is 0. The van der Waals surface area contributed by atoms with Gasteiger partial charge >= 0.3 is 0 Å². The van der Waals surface area contributed by atoms with Crippen LogP contribution in [0.25, 0.3) is 0 Å². The second kappa shape index (κ2) is 4.99. The summed E-state index contributed by atoms with van der Waals surface area (Å²) in [6.07, 6.45) is 6.28. The van der Waals surface area contributed by atoms with Crippen LogP contribution in [-0.2, 0) is 17.8 Å². The molecule has 0 spiro atoms. The maximum atomic E-state index is 6.00. The lowest BCUT2D eigenvalue weighted by Crippen LogP contribution is -2.49. The van der Waals surface area contributed by atoms with Crippen molar-refractivity contribution in [3.63, 3.8) is 0 Å². The number of fused-ring (bicyclic) bond motifs is 1. The molecule has 3 rings (SSSR count). The van der Waals surface area contributed by atoms with Crippen LogP contribution < -0.4 is 5.73 Å². The van der Waals surface area contributed by atoms with Gasteiger partial charge in [-0.3, -0.25) is 4.90 Å². The van der Waals surface area contributed by atoms with E-state index in [0.717, 1.165) is 52.4 Å². The third-order valence-electron chi connectivity index (χ3n) is 4.22. The number of nitrogens with two attached hydrogens (primary N) is 1. The van der Waals surface area contributed by atoms with Crippen molar-refractivity contribution in [3.05, 3.63) is 18.2 Å². The van der Waals surface area contributed by atoms with Crippen molar-refractivity contribution >= 4 is 0 Å². The number of hydrogen-bond donors (Lipinski definition) is 1. The van der Waals surface area contributed by atoms with Crippen LogP contribution in [0.3, 0.4) is 0 Å². The number of ether oxygens (including phenoxy) is 1. The molecule has 0 aliphatic carbocycles. The summed E-state index contributed by atoms with van der Waals surface area (Å²) in [5.74, 6) is 1.17. The number of imidazole rings is 1. The largest absolute Gasteiger partial charge is 0.381 e. The number of nitrogens with zero attached hydrogens (tertiary/aromatic N) is 3. The first-order chi connectivity index (χ1) is 8.81. The standard InChI is InChI=1S/C13H22N4O/c14-9-13(2-1-7-18-11-13)10-16-5-6-17-4-3-15-12(17)8-16/h3-4H,1-2,5-11,14H2. The lowest BCUT2D eigenvalue weighted by molar-refractivity contribution is -0.0259. The van der Waals surface area contributed by atoms with Gasteiger partial charge in [0.15, 0.2) is 0 Å². The maximum Gasteiger partial charge on any atom is 0.122 e. The highest BCUT2D eigenvalue weighted by molar-refractivity contribution is 4.97. The van der Waals surface area contributed by atoms with E-state index in [1.807, 2.05) is 6.20 Å². The van der Waals surface area contributed by atoms with E-state index in [0.29, 0.717) is 0 Å². The SMILES string of the molecule is NCC1(CN2CCn3ccnc3C2)CCCOC1. The normalized spacial score (nSPS) is 29.2. The predicted octanol–water partition coefficient (Wildman–Crippen LogP) is 0.454. The molecule has 2 aliphatic rings. The molecule has 1 aromatic heterocycles. The van der Waals surface area contributed by atoms with Crippen LogP contribution >= 0.6 is 0 Å². The van der Waals surface area contributed by atoms with Gasteiger partial charge in [-0.15, -0.1) is 0 Å². The summed E-state index contributed by atoms with van der Waals surface area (Å²) in [6, 6.07) is 0. The molecule has 0 bridgehead atoms. The van der Waals surface area contributed by atoms with Crippen molar-refractivity contribution in [3.8, 4) is 0 Å². The predicted molar refractivity (Wildman–Crippen MR) is 69.0 cm³/mol. The molecule has 1 saturated heterocycles. The van der Waals surface area contributed by atoms with E-state index in [1.54, 1.807) is 0 Å². The Morgan fingerprint density at radius 1 is 1.44 bits per heavy atom. The monoisotopic (exact) mass is 250 g/mol. The van der Waals surface area contributed by atoms with Crippen molar-refractivity contribution in [2.24, 2.45) is 11.1 Å². The van der Waals surface area contributed by atoms with Crippen LogP contribution in [-0.4, -0.2) is 47.3 Å². The molecule has 0 amide bonds. The van der Waals surface area contributed by atoms with Crippen molar-refractivity contribution in [2.45, 2.75) is 25.9 Å². The van der Waals surface area contributed by atoms with E-state index in [1.165, 1.54) is 12.2 Å². The molecule has 100 valence electrons. The van der Waals surface area contributed by atoms with Crippen LogP contribution in [0, 0.1) is 5.41 Å². The van der Waals surface area contributed by atoms with Gasteiger partial charge < -0.3 is 15.0 Å². The molecule has 1 aromatic rings. The molecular weight excluding hydrogens is 228 g/mol. The Hall–Kier alpha value is -0.910. The summed E-state index contributed by atoms with van der Waals surface area (Å²) in [6.45, 7) is 6.53. The highest BCUT2D eigenvalue weighted by Gasteiger charge is 2.34. The molecule has 3 heterocycles. The quantitative estimate of drug-likeness (QED) is 0.846. The van der Waals surface area contributed by atoms with Gasteiger partial charge in [0.05, 0.1) is 13.2 Å². The molecule has 1 fully saturated rings. The summed E-state index contributed by atoms with van der Waals surface area (Å²) >= 11 is 0. The highest BCUT2D eigenvalue weighted by Crippen LogP contribution is 2.29. The Bertz CT molecular complexity index is 397. The van der Waals surface area contributed by atoms with Gasteiger partial charge in [-0.2, -0.15) is 0 Å². The van der Waals surface area contributed by atoms with E-state index < -0.39 is 0 Å².